The Morgan fingerprint density at radius 1 is 0.176 bits per heavy atom. The van der Waals surface area contributed by atoms with E-state index in [1.807, 2.05) is 0 Å². The molecule has 0 heteroatoms. The van der Waals surface area contributed by atoms with Gasteiger partial charge in [-0.2, -0.15) is 0 Å². The van der Waals surface area contributed by atoms with Crippen molar-refractivity contribution in [1.82, 2.24) is 0 Å². The van der Waals surface area contributed by atoms with E-state index in [0.717, 1.165) is 0 Å². The van der Waals surface area contributed by atoms with Gasteiger partial charge in [0.1, 0.15) is 0 Å². The molecule has 4 aliphatic carbocycles. The number of hydrogen-bond acceptors (Lipinski definition) is 0. The second kappa shape index (κ2) is 16.8. The molecule has 0 aliphatic heterocycles. The summed E-state index contributed by atoms with van der Waals surface area (Å²) in [4.78, 5) is 0. The topological polar surface area (TPSA) is 0 Å². The van der Waals surface area contributed by atoms with Crippen LogP contribution in [0.1, 0.15) is 144 Å². The van der Waals surface area contributed by atoms with Gasteiger partial charge in [0.25, 0.3) is 0 Å². The molecule has 0 bridgehead atoms. The zero-order valence-corrected chi connectivity index (χ0v) is 43.9. The first-order valence-electron chi connectivity index (χ1n) is 24.9. The third-order valence-electron chi connectivity index (χ3n) is 15.9. The van der Waals surface area contributed by atoms with Gasteiger partial charge < -0.3 is 0 Å². The average Bonchev–Trinajstić information content (AvgIpc) is 3.82. The molecule has 68 heavy (non-hydrogen) atoms. The van der Waals surface area contributed by atoms with Crippen LogP contribution in [0.3, 0.4) is 0 Å². The highest BCUT2D eigenvalue weighted by Crippen LogP contribution is 2.52. The van der Waals surface area contributed by atoms with Crippen molar-refractivity contribution in [2.75, 3.05) is 0 Å². The molecule has 0 saturated heterocycles. The van der Waals surface area contributed by atoms with Crippen molar-refractivity contribution >= 4 is 0 Å². The van der Waals surface area contributed by atoms with Gasteiger partial charge in [-0.15, -0.1) is 0 Å². The fraction of sp³-hybridized carbons (Fsp3) is 0.294. The molecule has 0 amide bonds. The zero-order valence-electron chi connectivity index (χ0n) is 43.9. The van der Waals surface area contributed by atoms with Crippen LogP contribution < -0.4 is 0 Å². The number of benzene rings is 8. The summed E-state index contributed by atoms with van der Waals surface area (Å²) in [6.45, 7) is 36.0. The van der Waals surface area contributed by atoms with Crippen molar-refractivity contribution in [3.8, 4) is 44.5 Å². The summed E-state index contributed by atoms with van der Waals surface area (Å²) in [5.74, 6) is 0. The molecule has 0 radical (unpaired) electrons. The van der Waals surface area contributed by atoms with Gasteiger partial charge in [-0.1, -0.05) is 245 Å². The highest BCUT2D eigenvalue weighted by atomic mass is 14.4. The van der Waals surface area contributed by atoms with E-state index < -0.39 is 0 Å². The minimum absolute atomic E-state index is 0.142. The standard InChI is InChI=1S/4C17H18/c2*1-11-6-8-15-14(9-11)13-7-5-12(2)10-16(13)17(15,3)4;1-11-5-7-15-13(9-11)14-10-12(2)6-8-16(14)17(15,3)4;1-11-5-7-13-14-8-6-12(2)10-16(14)17(3,4)15(13)9-11/h4*5-10H,1-4H3. The predicted molar refractivity (Wildman–Crippen MR) is 294 cm³/mol. The first-order chi connectivity index (χ1) is 32.0. The quantitative estimate of drug-likeness (QED) is 0.142. The molecular weight excluding hydrogens is 817 g/mol. The van der Waals surface area contributed by atoms with Gasteiger partial charge in [-0.3, -0.25) is 0 Å². The molecule has 8 aromatic rings. The number of fused-ring (bicyclic) bond motifs is 12. The fourth-order valence-electron chi connectivity index (χ4n) is 11.9. The van der Waals surface area contributed by atoms with E-state index in [1.54, 1.807) is 0 Å². The third kappa shape index (κ3) is 7.89. The summed E-state index contributed by atoms with van der Waals surface area (Å²) in [6.07, 6.45) is 0. The Bertz CT molecular complexity index is 3080. The van der Waals surface area contributed by atoms with Crippen LogP contribution in [0, 0.1) is 55.4 Å². The predicted octanol–water partition coefficient (Wildman–Crippen LogP) is 18.4. The molecular formula is C68H72. The number of hydrogen-bond donors (Lipinski definition) is 0. The van der Waals surface area contributed by atoms with Crippen LogP contribution in [-0.4, -0.2) is 0 Å². The van der Waals surface area contributed by atoms with Crippen LogP contribution in [-0.2, 0) is 21.7 Å². The Morgan fingerprint density at radius 2 is 0.338 bits per heavy atom. The van der Waals surface area contributed by atoms with E-state index in [2.05, 4.69) is 256 Å². The van der Waals surface area contributed by atoms with Gasteiger partial charge in [0, 0.05) is 21.7 Å². The minimum Gasteiger partial charge on any atom is -0.0590 e. The van der Waals surface area contributed by atoms with E-state index in [0.29, 0.717) is 0 Å². The van der Waals surface area contributed by atoms with Crippen LogP contribution >= 0.6 is 0 Å². The van der Waals surface area contributed by atoms with E-state index >= 15 is 0 Å². The fourth-order valence-corrected chi connectivity index (χ4v) is 11.9. The molecule has 0 unspecified atom stereocenters. The largest absolute Gasteiger partial charge is 0.0590 e. The maximum Gasteiger partial charge on any atom is 0.0159 e. The molecule has 0 atom stereocenters. The Balaban J connectivity index is 0.000000113. The normalized spacial score (nSPS) is 15.5. The highest BCUT2D eigenvalue weighted by molar-refractivity contribution is 5.84. The lowest BCUT2D eigenvalue weighted by molar-refractivity contribution is 0.659. The van der Waals surface area contributed by atoms with E-state index in [4.69, 9.17) is 0 Å². The number of rotatable bonds is 0. The Hall–Kier alpha value is -6.24. The SMILES string of the molecule is Cc1ccc2c(c1)-c1cc(C)ccc1C2(C)C.Cc1ccc2c(c1)-c1ccc(C)cc1C2(C)C.Cc1ccc2c(c1)-c1ccc(C)cc1C2(C)C.Cc1ccc2c(c1)C(C)(C)c1cc(C)ccc1-2. The van der Waals surface area contributed by atoms with Crippen LogP contribution in [0.15, 0.2) is 146 Å². The molecule has 0 aromatic heterocycles. The third-order valence-corrected chi connectivity index (χ3v) is 15.9. The molecule has 0 spiro atoms. The second-order valence-corrected chi connectivity index (χ2v) is 22.9. The first-order valence-corrected chi connectivity index (χ1v) is 24.9. The highest BCUT2D eigenvalue weighted by Gasteiger charge is 2.38. The van der Waals surface area contributed by atoms with Crippen molar-refractivity contribution in [2.45, 2.75) is 132 Å². The van der Waals surface area contributed by atoms with Gasteiger partial charge in [0.2, 0.25) is 0 Å². The van der Waals surface area contributed by atoms with Crippen LogP contribution in [0.2, 0.25) is 0 Å². The minimum atomic E-state index is 0.142. The van der Waals surface area contributed by atoms with Gasteiger partial charge in [0.05, 0.1) is 0 Å². The summed E-state index contributed by atoms with van der Waals surface area (Å²) in [5, 5.41) is 0. The average molecular weight is 889 g/mol. The maximum atomic E-state index is 2.34. The van der Waals surface area contributed by atoms with E-state index in [9.17, 15) is 0 Å². The molecule has 4 aliphatic rings. The Kier molecular flexibility index (Phi) is 11.6. The monoisotopic (exact) mass is 889 g/mol. The summed E-state index contributed by atoms with van der Waals surface area (Å²) in [6, 6.07) is 54.6. The molecule has 0 heterocycles. The smallest absolute Gasteiger partial charge is 0.0159 e. The molecule has 0 nitrogen and oxygen atoms in total. The maximum absolute atomic E-state index is 2.34. The van der Waals surface area contributed by atoms with Gasteiger partial charge in [-0.25, -0.2) is 0 Å². The second-order valence-electron chi connectivity index (χ2n) is 22.9. The summed E-state index contributed by atoms with van der Waals surface area (Å²) in [5.41, 5.74) is 34.4. The molecule has 8 aromatic carbocycles. The molecule has 12 rings (SSSR count). The lowest BCUT2D eigenvalue weighted by atomic mass is 9.81. The summed E-state index contributed by atoms with van der Waals surface area (Å²) < 4.78 is 0. The van der Waals surface area contributed by atoms with Crippen LogP contribution in [0.4, 0.5) is 0 Å². The van der Waals surface area contributed by atoms with Crippen LogP contribution in [0.25, 0.3) is 44.5 Å². The van der Waals surface area contributed by atoms with Crippen molar-refractivity contribution in [3.63, 3.8) is 0 Å². The first kappa shape index (κ1) is 46.9. The van der Waals surface area contributed by atoms with Gasteiger partial charge in [0.15, 0.2) is 0 Å². The lowest BCUT2D eigenvalue weighted by Gasteiger charge is -2.22. The summed E-state index contributed by atoms with van der Waals surface area (Å²) >= 11 is 0. The molecule has 0 saturated carbocycles. The van der Waals surface area contributed by atoms with Crippen molar-refractivity contribution in [2.24, 2.45) is 0 Å². The van der Waals surface area contributed by atoms with Crippen LogP contribution in [0.5, 0.6) is 0 Å². The van der Waals surface area contributed by atoms with E-state index in [-0.39, 0.29) is 21.7 Å². The van der Waals surface area contributed by atoms with Crippen molar-refractivity contribution < 1.29 is 0 Å². The zero-order chi connectivity index (χ0) is 48.8. The Morgan fingerprint density at radius 3 is 0.588 bits per heavy atom. The van der Waals surface area contributed by atoms with Crippen molar-refractivity contribution in [1.29, 1.82) is 0 Å². The van der Waals surface area contributed by atoms with Gasteiger partial charge in [-0.05, 0) is 144 Å². The molecule has 0 fully saturated rings. The van der Waals surface area contributed by atoms with E-state index in [1.165, 1.54) is 134 Å². The molecule has 0 N–H and O–H groups in total. The molecule has 344 valence electrons. The lowest BCUT2D eigenvalue weighted by Crippen LogP contribution is -2.15. The summed E-state index contributed by atoms with van der Waals surface area (Å²) in [7, 11) is 0. The van der Waals surface area contributed by atoms with Gasteiger partial charge >= 0.3 is 0 Å². The van der Waals surface area contributed by atoms with Crippen molar-refractivity contribution in [3.05, 3.63) is 235 Å². The number of aryl methyl sites for hydroxylation is 8. The Labute approximate surface area is 409 Å².